The van der Waals surface area contributed by atoms with Gasteiger partial charge in [0.2, 0.25) is 5.75 Å². The van der Waals surface area contributed by atoms with Crippen LogP contribution in [0.2, 0.25) is 0 Å². The molecule has 0 aliphatic heterocycles. The second-order valence-corrected chi connectivity index (χ2v) is 6.71. The first-order chi connectivity index (χ1) is 13.2. The number of carbonyl (C=O) groups excluding carboxylic acids is 1. The average molecular weight is 409 g/mol. The van der Waals surface area contributed by atoms with Gasteiger partial charge in [-0.1, -0.05) is 0 Å². The first kappa shape index (κ1) is 21.0. The summed E-state index contributed by atoms with van der Waals surface area (Å²) in [5, 5.41) is 11.5. The quantitative estimate of drug-likeness (QED) is 0.227. The summed E-state index contributed by atoms with van der Waals surface area (Å²) >= 11 is 0. The van der Waals surface area contributed by atoms with Gasteiger partial charge in [-0.15, -0.1) is 0 Å². The van der Waals surface area contributed by atoms with Crippen LogP contribution in [0.5, 0.6) is 11.5 Å². The van der Waals surface area contributed by atoms with E-state index in [9.17, 15) is 23.5 Å². The van der Waals surface area contributed by atoms with Crippen molar-refractivity contribution in [2.45, 2.75) is 4.90 Å². The van der Waals surface area contributed by atoms with Crippen LogP contribution in [0.15, 0.2) is 45.7 Å². The normalized spacial score (nSPS) is 11.9. The third kappa shape index (κ3) is 5.10. The summed E-state index contributed by atoms with van der Waals surface area (Å²) in [6, 6.07) is 6.80. The molecule has 0 aliphatic rings. The second-order valence-electron chi connectivity index (χ2n) is 5.56. The average Bonchev–Trinajstić information content (AvgIpc) is 2.66. The van der Waals surface area contributed by atoms with E-state index in [0.717, 1.165) is 31.4 Å². The number of hydrogen-bond donors (Lipinski definition) is 0. The number of methoxy groups -OCH3 is 1. The molecule has 0 saturated heterocycles. The lowest BCUT2D eigenvalue weighted by Crippen LogP contribution is -2.10. The highest BCUT2D eigenvalue weighted by molar-refractivity contribution is 7.84. The number of nitro groups is 1. The van der Waals surface area contributed by atoms with Crippen molar-refractivity contribution in [3.05, 3.63) is 57.9 Å². The van der Waals surface area contributed by atoms with E-state index >= 15 is 0 Å². The molecule has 148 valence electrons. The van der Waals surface area contributed by atoms with E-state index in [1.807, 2.05) is 0 Å². The maximum Gasteiger partial charge on any atom is 0.338 e. The van der Waals surface area contributed by atoms with Gasteiger partial charge in [-0.25, -0.2) is 13.4 Å². The van der Waals surface area contributed by atoms with Crippen molar-refractivity contribution in [2.75, 3.05) is 21.2 Å². The second kappa shape index (κ2) is 9.04. The summed E-state index contributed by atoms with van der Waals surface area (Å²) in [6.45, 7) is 0. The smallest absolute Gasteiger partial charge is 0.338 e. The SMILES string of the molecule is COC(=O)c1cc([N+](=O)[O-])c(Oc2ccc(F)cc2)c(S(=O)/N=C\N(C)C)c1. The molecule has 0 N–H and O–H groups in total. The molecule has 0 spiro atoms. The first-order valence-electron chi connectivity index (χ1n) is 7.69. The van der Waals surface area contributed by atoms with Gasteiger partial charge >= 0.3 is 11.7 Å². The predicted molar refractivity (Wildman–Crippen MR) is 99.5 cm³/mol. The molecule has 0 aliphatic carbocycles. The van der Waals surface area contributed by atoms with E-state index in [-0.39, 0.29) is 22.0 Å². The zero-order valence-electron chi connectivity index (χ0n) is 15.1. The molecule has 9 nitrogen and oxygen atoms in total. The van der Waals surface area contributed by atoms with E-state index in [4.69, 9.17) is 4.74 Å². The van der Waals surface area contributed by atoms with Crippen LogP contribution in [0.3, 0.4) is 0 Å². The predicted octanol–water partition coefficient (Wildman–Crippen LogP) is 2.93. The molecule has 2 aromatic carbocycles. The highest BCUT2D eigenvalue weighted by Gasteiger charge is 2.27. The van der Waals surface area contributed by atoms with Crippen LogP contribution in [0.4, 0.5) is 10.1 Å². The summed E-state index contributed by atoms with van der Waals surface area (Å²) in [7, 11) is 2.26. The lowest BCUT2D eigenvalue weighted by Gasteiger charge is -2.12. The summed E-state index contributed by atoms with van der Waals surface area (Å²) in [6.07, 6.45) is 1.24. The number of ether oxygens (including phenoxy) is 2. The van der Waals surface area contributed by atoms with Gasteiger partial charge in [0.25, 0.3) is 0 Å². The van der Waals surface area contributed by atoms with Crippen LogP contribution in [-0.4, -0.2) is 47.5 Å². The number of hydrogen-bond acceptors (Lipinski definition) is 6. The molecule has 28 heavy (non-hydrogen) atoms. The molecule has 0 heterocycles. The van der Waals surface area contributed by atoms with Crippen molar-refractivity contribution in [3.8, 4) is 11.5 Å². The summed E-state index contributed by atoms with van der Waals surface area (Å²) in [4.78, 5) is 23.9. The molecule has 0 saturated carbocycles. The largest absolute Gasteiger partial charge is 0.465 e. The first-order valence-corrected chi connectivity index (χ1v) is 8.80. The maximum absolute atomic E-state index is 13.1. The molecule has 1 atom stereocenters. The lowest BCUT2D eigenvalue weighted by atomic mass is 10.2. The highest BCUT2D eigenvalue weighted by Crippen LogP contribution is 2.38. The minimum absolute atomic E-state index is 0.0742. The Hall–Kier alpha value is -3.34. The fraction of sp³-hybridized carbons (Fsp3) is 0.176. The molecule has 0 bridgehead atoms. The fourth-order valence-electron chi connectivity index (χ4n) is 2.01. The highest BCUT2D eigenvalue weighted by atomic mass is 32.2. The Morgan fingerprint density at radius 1 is 1.29 bits per heavy atom. The Kier molecular flexibility index (Phi) is 6.77. The Morgan fingerprint density at radius 3 is 2.46 bits per heavy atom. The maximum atomic E-state index is 13.1. The van der Waals surface area contributed by atoms with Crippen LogP contribution < -0.4 is 4.74 Å². The molecule has 2 rings (SSSR count). The van der Waals surface area contributed by atoms with Crippen LogP contribution in [-0.2, 0) is 15.7 Å². The zero-order valence-corrected chi connectivity index (χ0v) is 15.9. The summed E-state index contributed by atoms with van der Waals surface area (Å²) in [5.41, 5.74) is -0.806. The van der Waals surface area contributed by atoms with E-state index in [1.165, 1.54) is 23.4 Å². The number of carbonyl (C=O) groups is 1. The van der Waals surface area contributed by atoms with Gasteiger partial charge in [0.1, 0.15) is 22.8 Å². The molecule has 2 aromatic rings. The van der Waals surface area contributed by atoms with Gasteiger partial charge in [-0.05, 0) is 30.3 Å². The molecule has 11 heteroatoms. The molecule has 0 amide bonds. The minimum atomic E-state index is -2.13. The topological polar surface area (TPSA) is 111 Å². The van der Waals surface area contributed by atoms with Crippen molar-refractivity contribution in [2.24, 2.45) is 4.40 Å². The van der Waals surface area contributed by atoms with Crippen molar-refractivity contribution in [1.29, 1.82) is 0 Å². The van der Waals surface area contributed by atoms with Crippen LogP contribution in [0.25, 0.3) is 0 Å². The Labute approximate surface area is 162 Å². The number of esters is 1. The molecule has 0 radical (unpaired) electrons. The van der Waals surface area contributed by atoms with E-state index in [2.05, 4.69) is 9.13 Å². The van der Waals surface area contributed by atoms with E-state index < -0.39 is 33.4 Å². The van der Waals surface area contributed by atoms with Gasteiger partial charge in [0.05, 0.1) is 17.6 Å². The van der Waals surface area contributed by atoms with Crippen LogP contribution in [0.1, 0.15) is 10.4 Å². The number of halogens is 1. The Morgan fingerprint density at radius 2 is 1.93 bits per heavy atom. The number of benzene rings is 2. The van der Waals surface area contributed by atoms with E-state index in [0.29, 0.717) is 0 Å². The van der Waals surface area contributed by atoms with Gasteiger partial charge in [0.15, 0.2) is 11.0 Å². The van der Waals surface area contributed by atoms with Gasteiger partial charge in [0, 0.05) is 20.2 Å². The van der Waals surface area contributed by atoms with E-state index in [1.54, 1.807) is 14.1 Å². The monoisotopic (exact) mass is 409 g/mol. The number of nitro benzene ring substituents is 1. The standard InChI is InChI=1S/C17H16FN3O6S/c1-20(2)10-19-28(25)15-9-11(17(22)26-3)8-14(21(23)24)16(15)27-13-6-4-12(18)5-7-13/h4-10H,1-3H3/b19-10-. The van der Waals surface area contributed by atoms with Crippen molar-refractivity contribution in [3.63, 3.8) is 0 Å². The third-order valence-corrected chi connectivity index (χ3v) is 4.21. The molecule has 1 unspecified atom stereocenters. The minimum Gasteiger partial charge on any atom is -0.465 e. The Balaban J connectivity index is 2.66. The molecule has 0 aromatic heterocycles. The van der Waals surface area contributed by atoms with Crippen molar-refractivity contribution < 1.29 is 27.8 Å². The molecule has 0 fully saturated rings. The number of nitrogens with zero attached hydrogens (tertiary/aromatic N) is 3. The zero-order chi connectivity index (χ0) is 20.8. The number of rotatable bonds is 7. The van der Waals surface area contributed by atoms with Crippen molar-refractivity contribution in [1.82, 2.24) is 4.90 Å². The third-order valence-electron chi connectivity index (χ3n) is 3.25. The molecular formula is C17H16FN3O6S. The van der Waals surface area contributed by atoms with Gasteiger partial charge in [-0.2, -0.15) is 4.40 Å². The summed E-state index contributed by atoms with van der Waals surface area (Å²) < 4.78 is 39.6. The fourth-order valence-corrected chi connectivity index (χ4v) is 2.93. The van der Waals surface area contributed by atoms with Gasteiger partial charge < -0.3 is 14.4 Å². The molecular weight excluding hydrogens is 393 g/mol. The van der Waals surface area contributed by atoms with Crippen LogP contribution in [0, 0.1) is 15.9 Å². The van der Waals surface area contributed by atoms with Crippen molar-refractivity contribution >= 4 is 29.0 Å². The van der Waals surface area contributed by atoms with Gasteiger partial charge in [-0.3, -0.25) is 10.1 Å². The Bertz CT molecular complexity index is 947. The lowest BCUT2D eigenvalue weighted by molar-refractivity contribution is -0.385. The summed E-state index contributed by atoms with van der Waals surface area (Å²) in [5.74, 6) is -1.68. The van der Waals surface area contributed by atoms with Crippen LogP contribution >= 0.6 is 0 Å².